The monoisotopic (exact) mass is 371 g/mol. The predicted molar refractivity (Wildman–Crippen MR) is 97.7 cm³/mol. The van der Waals surface area contributed by atoms with E-state index in [2.05, 4.69) is 15.4 Å². The molecule has 2 aromatic carbocycles. The van der Waals surface area contributed by atoms with Crippen LogP contribution in [-0.4, -0.2) is 45.2 Å². The number of carbonyl (C=O) groups is 1. The van der Waals surface area contributed by atoms with Crippen molar-refractivity contribution in [2.75, 3.05) is 14.2 Å². The first-order valence-corrected chi connectivity index (χ1v) is 8.33. The van der Waals surface area contributed by atoms with E-state index in [1.54, 1.807) is 31.2 Å². The third-order valence-electron chi connectivity index (χ3n) is 3.79. The van der Waals surface area contributed by atoms with E-state index < -0.39 is 0 Å². The lowest BCUT2D eigenvalue weighted by molar-refractivity contribution is -0.131. The number of nitrogens with zero attached hydrogens (tertiary/aromatic N) is 5. The molecule has 1 aromatic heterocycles. The molecule has 0 atom stereocenters. The van der Waals surface area contributed by atoms with Gasteiger partial charge in [0.2, 0.25) is 11.7 Å². The van der Waals surface area contributed by atoms with Gasteiger partial charge in [-0.3, -0.25) is 4.79 Å². The molecule has 134 valence electrons. The average molecular weight is 372 g/mol. The number of hydrogen-bond acceptors (Lipinski definition) is 5. The van der Waals surface area contributed by atoms with Crippen molar-refractivity contribution in [3.8, 4) is 17.1 Å². The Labute approximate surface area is 156 Å². The van der Waals surface area contributed by atoms with Crippen LogP contribution in [0, 0.1) is 0 Å². The van der Waals surface area contributed by atoms with Crippen molar-refractivity contribution >= 4 is 17.5 Å². The van der Waals surface area contributed by atoms with Gasteiger partial charge in [0.1, 0.15) is 12.3 Å². The lowest BCUT2D eigenvalue weighted by Crippen LogP contribution is -2.30. The minimum Gasteiger partial charge on any atom is -0.497 e. The molecule has 8 heteroatoms. The maximum atomic E-state index is 12.4. The molecule has 0 radical (unpaired) electrons. The topological polar surface area (TPSA) is 73.1 Å². The molecular weight excluding hydrogens is 354 g/mol. The van der Waals surface area contributed by atoms with Crippen LogP contribution in [0.4, 0.5) is 0 Å². The predicted octanol–water partition coefficient (Wildman–Crippen LogP) is 2.66. The molecule has 0 saturated heterocycles. The number of ether oxygens (including phenoxy) is 1. The summed E-state index contributed by atoms with van der Waals surface area (Å²) in [6, 6.07) is 14.8. The van der Waals surface area contributed by atoms with Crippen molar-refractivity contribution in [2.24, 2.45) is 0 Å². The first-order valence-electron chi connectivity index (χ1n) is 7.96. The van der Waals surface area contributed by atoms with E-state index in [9.17, 15) is 4.79 Å². The fraction of sp³-hybridized carbons (Fsp3) is 0.222. The molecule has 3 rings (SSSR count). The van der Waals surface area contributed by atoms with Gasteiger partial charge < -0.3 is 9.64 Å². The van der Waals surface area contributed by atoms with E-state index in [0.29, 0.717) is 17.4 Å². The summed E-state index contributed by atoms with van der Waals surface area (Å²) in [5.74, 6) is 1.06. The highest BCUT2D eigenvalue weighted by Gasteiger charge is 2.14. The van der Waals surface area contributed by atoms with Gasteiger partial charge in [0.15, 0.2) is 0 Å². The quantitative estimate of drug-likeness (QED) is 0.666. The summed E-state index contributed by atoms with van der Waals surface area (Å²) in [5, 5.41) is 12.8. The second-order valence-corrected chi connectivity index (χ2v) is 6.19. The minimum absolute atomic E-state index is 0.00797. The van der Waals surface area contributed by atoms with Crippen LogP contribution >= 0.6 is 11.6 Å². The van der Waals surface area contributed by atoms with Crippen LogP contribution in [0.3, 0.4) is 0 Å². The Kier molecular flexibility index (Phi) is 5.48. The third kappa shape index (κ3) is 4.37. The van der Waals surface area contributed by atoms with Gasteiger partial charge in [-0.15, -0.1) is 10.2 Å². The van der Waals surface area contributed by atoms with Gasteiger partial charge in [0.25, 0.3) is 0 Å². The molecule has 0 aliphatic carbocycles. The number of likely N-dealkylation sites (N-methyl/N-ethyl adjacent to an activating group) is 1. The summed E-state index contributed by atoms with van der Waals surface area (Å²) in [6.07, 6.45) is 0. The molecule has 0 aliphatic heterocycles. The molecule has 1 amide bonds. The fourth-order valence-corrected chi connectivity index (χ4v) is 2.62. The SMILES string of the molecule is COc1cccc(CN(C)C(=O)Cn2nnc(-c3cccc(Cl)c3)n2)c1. The van der Waals surface area contributed by atoms with Crippen LogP contribution in [0.25, 0.3) is 11.4 Å². The maximum absolute atomic E-state index is 12.4. The normalized spacial score (nSPS) is 10.6. The Morgan fingerprint density at radius 2 is 2.04 bits per heavy atom. The van der Waals surface area contributed by atoms with Gasteiger partial charge in [-0.2, -0.15) is 4.80 Å². The number of carbonyl (C=O) groups excluding carboxylic acids is 1. The molecule has 7 nitrogen and oxygen atoms in total. The highest BCUT2D eigenvalue weighted by atomic mass is 35.5. The number of halogens is 1. The summed E-state index contributed by atoms with van der Waals surface area (Å²) in [4.78, 5) is 15.3. The van der Waals surface area contributed by atoms with Crippen molar-refractivity contribution in [1.82, 2.24) is 25.1 Å². The number of benzene rings is 2. The van der Waals surface area contributed by atoms with Crippen LogP contribution in [0.15, 0.2) is 48.5 Å². The first-order chi connectivity index (χ1) is 12.5. The van der Waals surface area contributed by atoms with Gasteiger partial charge in [-0.1, -0.05) is 35.9 Å². The van der Waals surface area contributed by atoms with E-state index in [0.717, 1.165) is 16.9 Å². The second kappa shape index (κ2) is 7.97. The van der Waals surface area contributed by atoms with Gasteiger partial charge in [0, 0.05) is 24.2 Å². The zero-order valence-electron chi connectivity index (χ0n) is 14.5. The number of aromatic nitrogens is 4. The summed E-state index contributed by atoms with van der Waals surface area (Å²) in [7, 11) is 3.35. The van der Waals surface area contributed by atoms with Crippen LogP contribution in [-0.2, 0) is 17.9 Å². The van der Waals surface area contributed by atoms with Gasteiger partial charge in [-0.25, -0.2) is 0 Å². The Balaban J connectivity index is 1.64. The van der Waals surface area contributed by atoms with Crippen molar-refractivity contribution in [1.29, 1.82) is 0 Å². The molecule has 0 aliphatic rings. The lowest BCUT2D eigenvalue weighted by atomic mass is 10.2. The Bertz CT molecular complexity index is 912. The van der Waals surface area contributed by atoms with E-state index in [4.69, 9.17) is 16.3 Å². The Hall–Kier alpha value is -2.93. The molecular formula is C18H18ClN5O2. The van der Waals surface area contributed by atoms with Crippen LogP contribution in [0.5, 0.6) is 5.75 Å². The number of methoxy groups -OCH3 is 1. The van der Waals surface area contributed by atoms with Crippen LogP contribution in [0.2, 0.25) is 5.02 Å². The Morgan fingerprint density at radius 3 is 2.81 bits per heavy atom. The lowest BCUT2D eigenvalue weighted by Gasteiger charge is -2.17. The highest BCUT2D eigenvalue weighted by molar-refractivity contribution is 6.30. The molecule has 0 bridgehead atoms. The van der Waals surface area contributed by atoms with E-state index >= 15 is 0 Å². The largest absolute Gasteiger partial charge is 0.497 e. The molecule has 26 heavy (non-hydrogen) atoms. The molecule has 0 N–H and O–H groups in total. The van der Waals surface area contributed by atoms with Crippen molar-refractivity contribution in [2.45, 2.75) is 13.1 Å². The van der Waals surface area contributed by atoms with Gasteiger partial charge in [0.05, 0.1) is 7.11 Å². The number of rotatable bonds is 6. The molecule has 0 unspecified atom stereocenters. The molecule has 0 spiro atoms. The van der Waals surface area contributed by atoms with E-state index in [-0.39, 0.29) is 12.5 Å². The zero-order chi connectivity index (χ0) is 18.5. The zero-order valence-corrected chi connectivity index (χ0v) is 15.2. The average Bonchev–Trinajstić information content (AvgIpc) is 3.10. The minimum atomic E-state index is -0.122. The molecule has 1 heterocycles. The summed E-state index contributed by atoms with van der Waals surface area (Å²) >= 11 is 5.97. The van der Waals surface area contributed by atoms with Gasteiger partial charge >= 0.3 is 0 Å². The van der Waals surface area contributed by atoms with E-state index in [1.807, 2.05) is 36.4 Å². The molecule has 0 saturated carbocycles. The standard InChI is InChI=1S/C18H18ClN5O2/c1-23(11-13-5-3-8-16(9-13)26-2)17(25)12-24-21-18(20-22-24)14-6-4-7-15(19)10-14/h3-10H,11-12H2,1-2H3. The fourth-order valence-electron chi connectivity index (χ4n) is 2.43. The summed E-state index contributed by atoms with van der Waals surface area (Å²) in [5.41, 5.74) is 1.73. The molecule has 3 aromatic rings. The molecule has 0 fully saturated rings. The van der Waals surface area contributed by atoms with Crippen LogP contribution < -0.4 is 4.74 Å². The smallest absolute Gasteiger partial charge is 0.246 e. The number of hydrogen-bond donors (Lipinski definition) is 0. The van der Waals surface area contributed by atoms with Crippen molar-refractivity contribution in [3.63, 3.8) is 0 Å². The third-order valence-corrected chi connectivity index (χ3v) is 4.03. The number of tetrazole rings is 1. The van der Waals surface area contributed by atoms with Crippen LogP contribution in [0.1, 0.15) is 5.56 Å². The first kappa shape index (κ1) is 17.9. The number of amides is 1. The highest BCUT2D eigenvalue weighted by Crippen LogP contribution is 2.18. The Morgan fingerprint density at radius 1 is 1.23 bits per heavy atom. The van der Waals surface area contributed by atoms with Crippen molar-refractivity contribution in [3.05, 3.63) is 59.1 Å². The summed E-state index contributed by atoms with van der Waals surface area (Å²) < 4.78 is 5.20. The van der Waals surface area contributed by atoms with E-state index in [1.165, 1.54) is 4.80 Å². The van der Waals surface area contributed by atoms with Crippen molar-refractivity contribution < 1.29 is 9.53 Å². The van der Waals surface area contributed by atoms with Gasteiger partial charge in [-0.05, 0) is 35.0 Å². The second-order valence-electron chi connectivity index (χ2n) is 5.76. The summed E-state index contributed by atoms with van der Waals surface area (Å²) in [6.45, 7) is 0.472. The maximum Gasteiger partial charge on any atom is 0.246 e.